The van der Waals surface area contributed by atoms with Gasteiger partial charge in [0.1, 0.15) is 11.3 Å². The third-order valence-electron chi connectivity index (χ3n) is 2.65. The summed E-state index contributed by atoms with van der Waals surface area (Å²) in [6.45, 7) is 3.47. The van der Waals surface area contributed by atoms with Gasteiger partial charge in [-0.05, 0) is 19.9 Å². The zero-order valence-electron chi connectivity index (χ0n) is 9.87. The fourth-order valence-corrected chi connectivity index (χ4v) is 1.83. The lowest BCUT2D eigenvalue weighted by Crippen LogP contribution is -2.10. The molecule has 0 spiro atoms. The highest BCUT2D eigenvalue weighted by atomic mass is 16.5. The smallest absolute Gasteiger partial charge is 0.343 e. The lowest BCUT2D eigenvalue weighted by molar-refractivity contribution is 0.0599. The van der Waals surface area contributed by atoms with Crippen LogP contribution in [0.25, 0.3) is 10.8 Å². The zero-order valence-corrected chi connectivity index (χ0v) is 9.87. The lowest BCUT2D eigenvalue weighted by atomic mass is 10.0. The topological polar surface area (TPSA) is 56.5 Å². The second kappa shape index (κ2) is 4.05. The van der Waals surface area contributed by atoms with E-state index in [-0.39, 0.29) is 5.76 Å². The molecule has 0 fully saturated rings. The van der Waals surface area contributed by atoms with Crippen LogP contribution < -0.4 is 5.63 Å². The fraction of sp³-hybridized carbons (Fsp3) is 0.231. The molecule has 2 rings (SSSR count). The van der Waals surface area contributed by atoms with Gasteiger partial charge >= 0.3 is 11.6 Å². The summed E-state index contributed by atoms with van der Waals surface area (Å²) in [6, 6.07) is 5.24. The molecule has 88 valence electrons. The van der Waals surface area contributed by atoms with Gasteiger partial charge in [-0.25, -0.2) is 9.59 Å². The molecule has 0 saturated carbocycles. The highest BCUT2D eigenvalue weighted by Gasteiger charge is 2.17. The van der Waals surface area contributed by atoms with Crippen LogP contribution in [-0.2, 0) is 4.74 Å². The Morgan fingerprint density at radius 1 is 1.24 bits per heavy atom. The van der Waals surface area contributed by atoms with E-state index >= 15 is 0 Å². The van der Waals surface area contributed by atoms with Crippen LogP contribution in [0.4, 0.5) is 0 Å². The van der Waals surface area contributed by atoms with Crippen molar-refractivity contribution in [1.82, 2.24) is 0 Å². The Balaban J connectivity index is 2.95. The van der Waals surface area contributed by atoms with Gasteiger partial charge < -0.3 is 9.15 Å². The van der Waals surface area contributed by atoms with Crippen molar-refractivity contribution in [2.45, 2.75) is 13.8 Å². The highest BCUT2D eigenvalue weighted by molar-refractivity contribution is 6.04. The molecule has 0 atom stereocenters. The van der Waals surface area contributed by atoms with Gasteiger partial charge in [-0.2, -0.15) is 0 Å². The molecular formula is C13H12O4. The van der Waals surface area contributed by atoms with E-state index in [0.717, 1.165) is 5.56 Å². The quantitative estimate of drug-likeness (QED) is 0.707. The molecule has 0 aliphatic heterocycles. The SMILES string of the molecule is COC(=O)c1c(C)oc(=O)c2ccc(C)cc12. The summed E-state index contributed by atoms with van der Waals surface area (Å²) < 4.78 is 9.73. The molecule has 4 nitrogen and oxygen atoms in total. The molecule has 0 bridgehead atoms. The Labute approximate surface area is 97.8 Å². The number of carbonyl (C=O) groups excluding carboxylic acids is 1. The molecule has 0 aliphatic carbocycles. The zero-order chi connectivity index (χ0) is 12.6. The fourth-order valence-electron chi connectivity index (χ4n) is 1.83. The average molecular weight is 232 g/mol. The molecule has 0 saturated heterocycles. The van der Waals surface area contributed by atoms with E-state index in [2.05, 4.69) is 0 Å². The molecule has 0 radical (unpaired) electrons. The molecule has 0 N–H and O–H groups in total. The number of hydrogen-bond donors (Lipinski definition) is 0. The van der Waals surface area contributed by atoms with Gasteiger partial charge in [0.05, 0.1) is 12.5 Å². The minimum atomic E-state index is -0.498. The molecule has 0 aliphatic rings. The summed E-state index contributed by atoms with van der Waals surface area (Å²) in [5, 5.41) is 0.965. The first-order chi connectivity index (χ1) is 8.04. The summed E-state index contributed by atoms with van der Waals surface area (Å²) in [6.07, 6.45) is 0. The Morgan fingerprint density at radius 2 is 1.94 bits per heavy atom. The van der Waals surface area contributed by atoms with Crippen LogP contribution >= 0.6 is 0 Å². The van der Waals surface area contributed by atoms with Crippen molar-refractivity contribution in [3.05, 3.63) is 45.5 Å². The number of methoxy groups -OCH3 is 1. The van der Waals surface area contributed by atoms with Gasteiger partial charge in [-0.15, -0.1) is 0 Å². The molecule has 17 heavy (non-hydrogen) atoms. The summed E-state index contributed by atoms with van der Waals surface area (Å²) in [4.78, 5) is 23.3. The predicted octanol–water partition coefficient (Wildman–Crippen LogP) is 2.20. The van der Waals surface area contributed by atoms with Crippen LogP contribution in [0.3, 0.4) is 0 Å². The first-order valence-corrected chi connectivity index (χ1v) is 5.17. The number of benzene rings is 1. The van der Waals surface area contributed by atoms with Crippen molar-refractivity contribution in [2.75, 3.05) is 7.11 Å². The second-order valence-corrected chi connectivity index (χ2v) is 3.86. The van der Waals surface area contributed by atoms with Gasteiger partial charge in [-0.3, -0.25) is 0 Å². The first kappa shape index (κ1) is 11.4. The molecule has 4 heteroatoms. The monoisotopic (exact) mass is 232 g/mol. The summed E-state index contributed by atoms with van der Waals surface area (Å²) in [7, 11) is 1.30. The Hall–Kier alpha value is -2.10. The first-order valence-electron chi connectivity index (χ1n) is 5.17. The van der Waals surface area contributed by atoms with Crippen LogP contribution in [0.1, 0.15) is 21.7 Å². The molecule has 1 aromatic carbocycles. The van der Waals surface area contributed by atoms with Crippen LogP contribution in [0, 0.1) is 13.8 Å². The van der Waals surface area contributed by atoms with E-state index in [1.807, 2.05) is 6.92 Å². The van der Waals surface area contributed by atoms with Crippen molar-refractivity contribution in [3.8, 4) is 0 Å². The number of fused-ring (bicyclic) bond motifs is 1. The van der Waals surface area contributed by atoms with Gasteiger partial charge in [0.15, 0.2) is 0 Å². The number of esters is 1. The third kappa shape index (κ3) is 1.82. The maximum atomic E-state index is 11.7. The number of ether oxygens (including phenoxy) is 1. The number of rotatable bonds is 1. The third-order valence-corrected chi connectivity index (χ3v) is 2.65. The van der Waals surface area contributed by atoms with E-state index in [1.54, 1.807) is 25.1 Å². The van der Waals surface area contributed by atoms with Crippen molar-refractivity contribution in [2.24, 2.45) is 0 Å². The van der Waals surface area contributed by atoms with Gasteiger partial charge in [0.2, 0.25) is 0 Å². The summed E-state index contributed by atoms with van der Waals surface area (Å²) in [5.41, 5.74) is 0.837. The van der Waals surface area contributed by atoms with Gasteiger partial charge in [0.25, 0.3) is 0 Å². The van der Waals surface area contributed by atoms with Crippen LogP contribution in [-0.4, -0.2) is 13.1 Å². The maximum Gasteiger partial charge on any atom is 0.343 e. The Morgan fingerprint density at radius 3 is 2.59 bits per heavy atom. The molecule has 1 aromatic heterocycles. The highest BCUT2D eigenvalue weighted by Crippen LogP contribution is 2.21. The maximum absolute atomic E-state index is 11.7. The summed E-state index contributed by atoms with van der Waals surface area (Å²) in [5.74, 6) is -0.221. The molecule has 0 unspecified atom stereocenters. The van der Waals surface area contributed by atoms with Crippen LogP contribution in [0.5, 0.6) is 0 Å². The number of hydrogen-bond acceptors (Lipinski definition) is 4. The number of carbonyl (C=O) groups is 1. The average Bonchev–Trinajstić information content (AvgIpc) is 2.28. The Bertz CT molecular complexity index is 652. The van der Waals surface area contributed by atoms with Crippen molar-refractivity contribution in [3.63, 3.8) is 0 Å². The van der Waals surface area contributed by atoms with Crippen LogP contribution in [0.15, 0.2) is 27.4 Å². The second-order valence-electron chi connectivity index (χ2n) is 3.86. The largest absolute Gasteiger partial charge is 0.465 e. The van der Waals surface area contributed by atoms with E-state index in [0.29, 0.717) is 16.3 Å². The number of aryl methyl sites for hydroxylation is 2. The van der Waals surface area contributed by atoms with Crippen LogP contribution in [0.2, 0.25) is 0 Å². The van der Waals surface area contributed by atoms with Gasteiger partial charge in [0, 0.05) is 5.39 Å². The minimum absolute atomic E-state index is 0.278. The summed E-state index contributed by atoms with van der Waals surface area (Å²) >= 11 is 0. The standard InChI is InChI=1S/C13H12O4/c1-7-4-5-9-10(6-7)11(13(15)16-3)8(2)17-12(9)14/h4-6H,1-3H3. The van der Waals surface area contributed by atoms with E-state index in [1.165, 1.54) is 7.11 Å². The molecule has 1 heterocycles. The normalized spacial score (nSPS) is 10.5. The van der Waals surface area contributed by atoms with Crippen molar-refractivity contribution >= 4 is 16.7 Å². The van der Waals surface area contributed by atoms with Gasteiger partial charge in [-0.1, -0.05) is 17.7 Å². The predicted molar refractivity (Wildman–Crippen MR) is 63.3 cm³/mol. The Kier molecular flexibility index (Phi) is 2.71. The lowest BCUT2D eigenvalue weighted by Gasteiger charge is -2.07. The van der Waals surface area contributed by atoms with E-state index in [9.17, 15) is 9.59 Å². The molecule has 0 amide bonds. The molecular weight excluding hydrogens is 220 g/mol. The van der Waals surface area contributed by atoms with Crippen molar-refractivity contribution < 1.29 is 13.9 Å². The molecule has 2 aromatic rings. The minimum Gasteiger partial charge on any atom is -0.465 e. The van der Waals surface area contributed by atoms with E-state index in [4.69, 9.17) is 9.15 Å². The van der Waals surface area contributed by atoms with E-state index < -0.39 is 11.6 Å². The van der Waals surface area contributed by atoms with Crippen molar-refractivity contribution in [1.29, 1.82) is 0 Å².